The maximum Gasteiger partial charge on any atom is 0.306 e. The summed E-state index contributed by atoms with van der Waals surface area (Å²) in [6.07, 6.45) is 5.43. The largest absolute Gasteiger partial charge is 1.00 e. The minimum absolute atomic E-state index is 0. The first kappa shape index (κ1) is 25.3. The van der Waals surface area contributed by atoms with Crippen LogP contribution >= 0.6 is 7.26 Å². The number of aliphatic carboxylic acids is 1. The van der Waals surface area contributed by atoms with Crippen LogP contribution in [-0.2, 0) is 4.79 Å². The van der Waals surface area contributed by atoms with E-state index in [4.69, 9.17) is 0 Å². The molecule has 4 heteroatoms. The van der Waals surface area contributed by atoms with Gasteiger partial charge in [-0.1, -0.05) is 74.4 Å². The Hall–Kier alpha value is -1.96. The number of carbonyl (C=O) groups is 1. The quantitative estimate of drug-likeness (QED) is 0.412. The van der Waals surface area contributed by atoms with Crippen molar-refractivity contribution in [2.24, 2.45) is 5.92 Å². The predicted octanol–water partition coefficient (Wildman–Crippen LogP) is 2.66. The zero-order chi connectivity index (χ0) is 21.2. The Kier molecular flexibility index (Phi) is 10.4. The Balaban J connectivity index is 0.00000341. The zero-order valence-electron chi connectivity index (χ0n) is 18.2. The molecule has 0 radical (unpaired) electrons. The lowest BCUT2D eigenvalue weighted by molar-refractivity contribution is -0.142. The van der Waals surface area contributed by atoms with Crippen LogP contribution in [0.2, 0.25) is 0 Å². The second kappa shape index (κ2) is 12.8. The molecule has 3 aromatic rings. The summed E-state index contributed by atoms with van der Waals surface area (Å²) in [6, 6.07) is 32.4. The molecule has 1 unspecified atom stereocenters. The Morgan fingerprint density at radius 1 is 0.742 bits per heavy atom. The van der Waals surface area contributed by atoms with Crippen LogP contribution in [0.4, 0.5) is 0 Å². The fraction of sp³-hybridized carbons (Fsp3) is 0.296. The summed E-state index contributed by atoms with van der Waals surface area (Å²) < 4.78 is 0. The second-order valence-electron chi connectivity index (χ2n) is 7.86. The molecule has 31 heavy (non-hydrogen) atoms. The molecule has 0 saturated heterocycles. The fourth-order valence-electron chi connectivity index (χ4n) is 4.30. The van der Waals surface area contributed by atoms with E-state index in [0.29, 0.717) is 0 Å². The molecule has 0 spiro atoms. The van der Waals surface area contributed by atoms with Crippen LogP contribution in [0.5, 0.6) is 0 Å². The Morgan fingerprint density at radius 2 is 1.13 bits per heavy atom. The average molecular weight is 499 g/mol. The molecular formula is C27H32BrO2P. The molecule has 0 aromatic heterocycles. The van der Waals surface area contributed by atoms with Gasteiger partial charge in [0, 0.05) is 0 Å². The average Bonchev–Trinajstić information content (AvgIpc) is 2.80. The van der Waals surface area contributed by atoms with Crippen LogP contribution in [0.25, 0.3) is 0 Å². The molecule has 3 rings (SSSR count). The summed E-state index contributed by atoms with van der Waals surface area (Å²) in [7, 11) is -1.86. The molecule has 0 aliphatic rings. The smallest absolute Gasteiger partial charge is 0.306 e. The normalized spacial score (nSPS) is 12.0. The van der Waals surface area contributed by atoms with Crippen LogP contribution in [0.1, 0.15) is 39.0 Å². The van der Waals surface area contributed by atoms with Gasteiger partial charge in [0.25, 0.3) is 0 Å². The molecule has 164 valence electrons. The standard InChI is InChI=1S/C27H31O2P.BrH/c1-2-3-14-23(27(28)29)15-13-22-30(24-16-7-4-8-17-24,25-18-9-5-10-19-25)26-20-11-6-12-21-26;/h4-12,16-21,23H,2-3,13-15,22H2,1H3;1H. The monoisotopic (exact) mass is 498 g/mol. The van der Waals surface area contributed by atoms with Crippen LogP contribution < -0.4 is 32.9 Å². The Labute approximate surface area is 197 Å². The van der Waals surface area contributed by atoms with Gasteiger partial charge in [-0.15, -0.1) is 0 Å². The van der Waals surface area contributed by atoms with Crippen molar-refractivity contribution in [2.45, 2.75) is 39.0 Å². The lowest BCUT2D eigenvalue weighted by atomic mass is 9.97. The van der Waals surface area contributed by atoms with Crippen molar-refractivity contribution >= 4 is 29.1 Å². The van der Waals surface area contributed by atoms with Gasteiger partial charge in [-0.2, -0.15) is 0 Å². The van der Waals surface area contributed by atoms with Gasteiger partial charge in [0.05, 0.1) is 12.1 Å². The first-order valence-corrected chi connectivity index (χ1v) is 12.9. The topological polar surface area (TPSA) is 37.3 Å². The highest BCUT2D eigenvalue weighted by molar-refractivity contribution is 7.95. The van der Waals surface area contributed by atoms with Crippen molar-refractivity contribution < 1.29 is 26.9 Å². The first-order chi connectivity index (χ1) is 14.7. The third-order valence-corrected chi connectivity index (χ3v) is 10.4. The molecule has 1 atom stereocenters. The fourth-order valence-corrected chi connectivity index (χ4v) is 8.67. The van der Waals surface area contributed by atoms with Crippen LogP contribution in [0.3, 0.4) is 0 Å². The van der Waals surface area contributed by atoms with Crippen molar-refractivity contribution in [3.63, 3.8) is 0 Å². The molecule has 2 nitrogen and oxygen atoms in total. The molecule has 0 bridgehead atoms. The van der Waals surface area contributed by atoms with Gasteiger partial charge in [-0.25, -0.2) is 0 Å². The molecule has 0 amide bonds. The van der Waals surface area contributed by atoms with Crippen molar-refractivity contribution in [1.82, 2.24) is 0 Å². The van der Waals surface area contributed by atoms with Gasteiger partial charge < -0.3 is 22.1 Å². The maximum absolute atomic E-state index is 11.8. The highest BCUT2D eigenvalue weighted by atomic mass is 79.9. The van der Waals surface area contributed by atoms with Gasteiger partial charge in [0.15, 0.2) is 0 Å². The number of rotatable bonds is 11. The lowest BCUT2D eigenvalue weighted by Crippen LogP contribution is -3.00. The van der Waals surface area contributed by atoms with E-state index >= 15 is 0 Å². The van der Waals surface area contributed by atoms with Crippen LogP contribution in [-0.4, -0.2) is 17.2 Å². The van der Waals surface area contributed by atoms with Gasteiger partial charge in [-0.05, 0) is 55.7 Å². The first-order valence-electron chi connectivity index (χ1n) is 11.0. The third kappa shape index (κ3) is 6.28. The van der Waals surface area contributed by atoms with Crippen LogP contribution in [0.15, 0.2) is 91.0 Å². The van der Waals surface area contributed by atoms with Crippen molar-refractivity contribution in [3.8, 4) is 0 Å². The van der Waals surface area contributed by atoms with E-state index < -0.39 is 13.2 Å². The number of halogens is 1. The van der Waals surface area contributed by atoms with E-state index in [1.165, 1.54) is 15.9 Å². The predicted molar refractivity (Wildman–Crippen MR) is 130 cm³/mol. The van der Waals surface area contributed by atoms with Crippen molar-refractivity contribution in [1.29, 1.82) is 0 Å². The number of hydrogen-bond acceptors (Lipinski definition) is 1. The van der Waals surface area contributed by atoms with E-state index in [1.54, 1.807) is 0 Å². The summed E-state index contributed by atoms with van der Waals surface area (Å²) in [5, 5.41) is 13.8. The molecule has 0 saturated carbocycles. The molecule has 0 fully saturated rings. The molecule has 0 aliphatic heterocycles. The Bertz CT molecular complexity index is 804. The van der Waals surface area contributed by atoms with Gasteiger partial charge in [0.1, 0.15) is 23.2 Å². The summed E-state index contributed by atoms with van der Waals surface area (Å²) in [6.45, 7) is 2.12. The molecule has 1 N–H and O–H groups in total. The second-order valence-corrected chi connectivity index (χ2v) is 11.5. The molecule has 3 aromatic carbocycles. The number of unbranched alkanes of at least 4 members (excludes halogenated alkanes) is 1. The Morgan fingerprint density at radius 3 is 1.48 bits per heavy atom. The zero-order valence-corrected chi connectivity index (χ0v) is 20.6. The van der Waals surface area contributed by atoms with E-state index in [9.17, 15) is 9.90 Å². The minimum Gasteiger partial charge on any atom is -1.00 e. The van der Waals surface area contributed by atoms with Crippen molar-refractivity contribution in [3.05, 3.63) is 91.0 Å². The van der Waals surface area contributed by atoms with E-state index in [0.717, 1.165) is 38.3 Å². The number of carboxylic acids is 1. The van der Waals surface area contributed by atoms with E-state index in [1.807, 2.05) is 0 Å². The molecule has 0 heterocycles. The lowest BCUT2D eigenvalue weighted by Gasteiger charge is -2.28. The summed E-state index contributed by atoms with van der Waals surface area (Å²) >= 11 is 0. The van der Waals surface area contributed by atoms with Crippen molar-refractivity contribution in [2.75, 3.05) is 6.16 Å². The highest BCUT2D eigenvalue weighted by Gasteiger charge is 2.44. The van der Waals surface area contributed by atoms with E-state index in [2.05, 4.69) is 97.9 Å². The number of benzene rings is 3. The summed E-state index contributed by atoms with van der Waals surface area (Å²) in [4.78, 5) is 11.8. The highest BCUT2D eigenvalue weighted by Crippen LogP contribution is 2.56. The third-order valence-electron chi connectivity index (χ3n) is 5.89. The number of hydrogen-bond donors (Lipinski definition) is 1. The SMILES string of the molecule is CCCCC(CCC[P+](c1ccccc1)(c1ccccc1)c1ccccc1)C(=O)O.[Br-]. The summed E-state index contributed by atoms with van der Waals surface area (Å²) in [5.41, 5.74) is 0. The maximum atomic E-state index is 11.8. The summed E-state index contributed by atoms with van der Waals surface area (Å²) in [5.74, 6) is -0.888. The van der Waals surface area contributed by atoms with Gasteiger partial charge in [-0.3, -0.25) is 4.79 Å². The minimum atomic E-state index is -1.86. The molecular weight excluding hydrogens is 467 g/mol. The molecule has 0 aliphatic carbocycles. The number of carboxylic acid groups (broad SMARTS) is 1. The van der Waals surface area contributed by atoms with E-state index in [-0.39, 0.29) is 22.9 Å². The van der Waals surface area contributed by atoms with Gasteiger partial charge >= 0.3 is 5.97 Å². The van der Waals surface area contributed by atoms with Gasteiger partial charge in [0.2, 0.25) is 0 Å². The van der Waals surface area contributed by atoms with Crippen LogP contribution in [0, 0.1) is 5.92 Å².